The van der Waals surface area contributed by atoms with E-state index in [0.29, 0.717) is 31.1 Å². The van der Waals surface area contributed by atoms with Gasteiger partial charge in [0.2, 0.25) is 5.91 Å². The van der Waals surface area contributed by atoms with E-state index >= 15 is 0 Å². The summed E-state index contributed by atoms with van der Waals surface area (Å²) in [6, 6.07) is 0. The molecule has 1 aromatic heterocycles. The van der Waals surface area contributed by atoms with Gasteiger partial charge in [0.05, 0.1) is 5.69 Å². The lowest BCUT2D eigenvalue weighted by Gasteiger charge is -2.15. The first kappa shape index (κ1) is 16.0. The minimum Gasteiger partial charge on any atom is -0.370 e. The Labute approximate surface area is 136 Å². The molecule has 0 radical (unpaired) electrons. The van der Waals surface area contributed by atoms with Crippen LogP contribution in [0.15, 0.2) is 0 Å². The van der Waals surface area contributed by atoms with Gasteiger partial charge in [-0.15, -0.1) is 5.10 Å². The van der Waals surface area contributed by atoms with Crippen molar-refractivity contribution in [1.29, 1.82) is 0 Å². The van der Waals surface area contributed by atoms with Crippen LogP contribution < -0.4 is 5.73 Å². The number of carbonyl (C=O) groups is 2. The molecule has 0 spiro atoms. The summed E-state index contributed by atoms with van der Waals surface area (Å²) in [7, 11) is 0. The number of amides is 2. The minimum absolute atomic E-state index is 0.0767. The Morgan fingerprint density at radius 1 is 1.22 bits per heavy atom. The number of carbonyl (C=O) groups excluding carboxylic acids is 2. The van der Waals surface area contributed by atoms with Gasteiger partial charge in [-0.2, -0.15) is 0 Å². The quantitative estimate of drug-likeness (QED) is 0.879. The van der Waals surface area contributed by atoms with Crippen LogP contribution in [0, 0.1) is 18.8 Å². The maximum Gasteiger partial charge on any atom is 0.276 e. The maximum absolute atomic E-state index is 12.6. The molecule has 23 heavy (non-hydrogen) atoms. The molecule has 1 aliphatic carbocycles. The molecule has 1 unspecified atom stereocenters. The second-order valence-corrected chi connectivity index (χ2v) is 6.93. The molecule has 1 atom stereocenters. The SMILES string of the molecule is Cc1c(C(=O)N2CCC(CC(N)=O)C2)nnn1CC1CCCC1. The average molecular weight is 319 g/mol. The Hall–Kier alpha value is -1.92. The molecule has 1 saturated carbocycles. The predicted molar refractivity (Wildman–Crippen MR) is 84.5 cm³/mol. The topological polar surface area (TPSA) is 94.1 Å². The van der Waals surface area contributed by atoms with E-state index in [9.17, 15) is 9.59 Å². The molecule has 3 rings (SSSR count). The normalized spacial score (nSPS) is 22.0. The second-order valence-electron chi connectivity index (χ2n) is 6.93. The van der Waals surface area contributed by atoms with Crippen LogP contribution in [0.3, 0.4) is 0 Å². The van der Waals surface area contributed by atoms with Crippen molar-refractivity contribution in [1.82, 2.24) is 19.9 Å². The molecule has 2 fully saturated rings. The van der Waals surface area contributed by atoms with Crippen molar-refractivity contribution >= 4 is 11.8 Å². The highest BCUT2D eigenvalue weighted by Crippen LogP contribution is 2.27. The first-order valence-electron chi connectivity index (χ1n) is 8.52. The lowest BCUT2D eigenvalue weighted by atomic mass is 10.1. The molecule has 2 heterocycles. The number of aromatic nitrogens is 3. The molecule has 1 aliphatic heterocycles. The Morgan fingerprint density at radius 2 is 1.96 bits per heavy atom. The lowest BCUT2D eigenvalue weighted by Crippen LogP contribution is -2.30. The molecule has 126 valence electrons. The fraction of sp³-hybridized carbons (Fsp3) is 0.750. The molecule has 2 amide bonds. The van der Waals surface area contributed by atoms with Crippen LogP contribution in [0.2, 0.25) is 0 Å². The van der Waals surface area contributed by atoms with E-state index in [4.69, 9.17) is 5.73 Å². The third kappa shape index (κ3) is 3.54. The van der Waals surface area contributed by atoms with Crippen LogP contribution in [0.25, 0.3) is 0 Å². The van der Waals surface area contributed by atoms with Crippen LogP contribution in [0.1, 0.15) is 54.7 Å². The first-order valence-corrected chi connectivity index (χ1v) is 8.52. The Bertz CT molecular complexity index is 591. The number of hydrogen-bond acceptors (Lipinski definition) is 4. The van der Waals surface area contributed by atoms with Gasteiger partial charge in [0.1, 0.15) is 0 Å². The van der Waals surface area contributed by atoms with Gasteiger partial charge in [0.15, 0.2) is 5.69 Å². The van der Waals surface area contributed by atoms with Crippen molar-refractivity contribution in [2.24, 2.45) is 17.6 Å². The van der Waals surface area contributed by atoms with E-state index in [-0.39, 0.29) is 17.7 Å². The van der Waals surface area contributed by atoms with E-state index in [1.54, 1.807) is 4.90 Å². The summed E-state index contributed by atoms with van der Waals surface area (Å²) < 4.78 is 1.88. The number of rotatable bonds is 5. The van der Waals surface area contributed by atoms with Gasteiger partial charge in [-0.1, -0.05) is 18.1 Å². The van der Waals surface area contributed by atoms with Gasteiger partial charge in [-0.05, 0) is 38.0 Å². The maximum atomic E-state index is 12.6. The number of primary amides is 1. The van der Waals surface area contributed by atoms with Crippen LogP contribution in [-0.4, -0.2) is 44.8 Å². The van der Waals surface area contributed by atoms with E-state index in [0.717, 1.165) is 18.7 Å². The smallest absolute Gasteiger partial charge is 0.276 e. The third-order valence-electron chi connectivity index (χ3n) is 5.15. The zero-order valence-electron chi connectivity index (χ0n) is 13.7. The van der Waals surface area contributed by atoms with E-state index in [1.165, 1.54) is 25.7 Å². The van der Waals surface area contributed by atoms with Crippen LogP contribution >= 0.6 is 0 Å². The molecule has 7 heteroatoms. The van der Waals surface area contributed by atoms with Crippen molar-refractivity contribution in [3.8, 4) is 0 Å². The molecular weight excluding hydrogens is 294 g/mol. The monoisotopic (exact) mass is 319 g/mol. The average Bonchev–Trinajstić information content (AvgIpc) is 3.22. The van der Waals surface area contributed by atoms with Gasteiger partial charge < -0.3 is 10.6 Å². The Balaban J connectivity index is 1.63. The number of likely N-dealkylation sites (tertiary alicyclic amines) is 1. The molecule has 1 saturated heterocycles. The van der Waals surface area contributed by atoms with Crippen molar-refractivity contribution in [3.63, 3.8) is 0 Å². The highest BCUT2D eigenvalue weighted by atomic mass is 16.2. The number of hydrogen-bond donors (Lipinski definition) is 1. The van der Waals surface area contributed by atoms with Gasteiger partial charge >= 0.3 is 0 Å². The second kappa shape index (κ2) is 6.68. The largest absolute Gasteiger partial charge is 0.370 e. The zero-order valence-corrected chi connectivity index (χ0v) is 13.7. The van der Waals surface area contributed by atoms with E-state index in [2.05, 4.69) is 10.3 Å². The molecule has 2 N–H and O–H groups in total. The summed E-state index contributed by atoms with van der Waals surface area (Å²) in [5.74, 6) is 0.450. The summed E-state index contributed by atoms with van der Waals surface area (Å²) in [5, 5.41) is 8.30. The van der Waals surface area contributed by atoms with Crippen LogP contribution in [-0.2, 0) is 11.3 Å². The zero-order chi connectivity index (χ0) is 16.4. The van der Waals surface area contributed by atoms with Crippen LogP contribution in [0.5, 0.6) is 0 Å². The molecular formula is C16H25N5O2. The summed E-state index contributed by atoms with van der Waals surface area (Å²) in [4.78, 5) is 25.4. The first-order chi connectivity index (χ1) is 11.0. The van der Waals surface area contributed by atoms with Gasteiger partial charge in [-0.3, -0.25) is 9.59 Å². The molecule has 1 aromatic rings. The predicted octanol–water partition coefficient (Wildman–Crippen LogP) is 1.11. The number of nitrogens with zero attached hydrogens (tertiary/aromatic N) is 4. The van der Waals surface area contributed by atoms with Crippen molar-refractivity contribution < 1.29 is 9.59 Å². The Morgan fingerprint density at radius 3 is 2.65 bits per heavy atom. The van der Waals surface area contributed by atoms with Gasteiger partial charge in [-0.25, -0.2) is 4.68 Å². The van der Waals surface area contributed by atoms with Crippen molar-refractivity contribution in [2.45, 2.75) is 52.0 Å². The minimum atomic E-state index is -0.303. The van der Waals surface area contributed by atoms with Gasteiger partial charge in [0, 0.05) is 26.1 Å². The summed E-state index contributed by atoms with van der Waals surface area (Å²) in [6.07, 6.45) is 6.23. The highest BCUT2D eigenvalue weighted by Gasteiger charge is 2.30. The van der Waals surface area contributed by atoms with E-state index < -0.39 is 0 Å². The summed E-state index contributed by atoms with van der Waals surface area (Å²) in [5.41, 5.74) is 6.54. The van der Waals surface area contributed by atoms with E-state index in [1.807, 2.05) is 11.6 Å². The van der Waals surface area contributed by atoms with Crippen molar-refractivity contribution in [2.75, 3.05) is 13.1 Å². The fourth-order valence-electron chi connectivity index (χ4n) is 3.79. The lowest BCUT2D eigenvalue weighted by molar-refractivity contribution is -0.118. The molecule has 2 aliphatic rings. The standard InChI is InChI=1S/C16H25N5O2/c1-11-15(18-19-21(11)10-12-4-2-3-5-12)16(23)20-7-6-13(9-20)8-14(17)22/h12-13H,2-10H2,1H3,(H2,17,22). The van der Waals surface area contributed by atoms with Crippen LogP contribution in [0.4, 0.5) is 0 Å². The third-order valence-corrected chi connectivity index (χ3v) is 5.15. The van der Waals surface area contributed by atoms with Crippen molar-refractivity contribution in [3.05, 3.63) is 11.4 Å². The van der Waals surface area contributed by atoms with Gasteiger partial charge in [0.25, 0.3) is 5.91 Å². The Kier molecular flexibility index (Phi) is 4.63. The molecule has 7 nitrogen and oxygen atoms in total. The number of nitrogens with two attached hydrogens (primary N) is 1. The highest BCUT2D eigenvalue weighted by molar-refractivity contribution is 5.93. The fourth-order valence-corrected chi connectivity index (χ4v) is 3.79. The summed E-state index contributed by atoms with van der Waals surface area (Å²) >= 11 is 0. The molecule has 0 aromatic carbocycles. The molecule has 0 bridgehead atoms. The summed E-state index contributed by atoms with van der Waals surface area (Å²) in [6.45, 7) is 4.01.